The molecule has 9 nitrogen and oxygen atoms in total. The van der Waals surface area contributed by atoms with E-state index in [1.807, 2.05) is 6.07 Å². The zero-order chi connectivity index (χ0) is 27.6. The summed E-state index contributed by atoms with van der Waals surface area (Å²) in [6.45, 7) is 0. The average molecular weight is 524 g/mol. The summed E-state index contributed by atoms with van der Waals surface area (Å²) >= 11 is 0. The molecule has 0 spiro atoms. The summed E-state index contributed by atoms with van der Waals surface area (Å²) in [6, 6.07) is 26.6. The Hall–Kier alpha value is -5.44. The lowest BCUT2D eigenvalue weighted by Gasteiger charge is -2.10. The van der Waals surface area contributed by atoms with Crippen LogP contribution in [0.2, 0.25) is 0 Å². The van der Waals surface area contributed by atoms with Gasteiger partial charge in [0.2, 0.25) is 0 Å². The van der Waals surface area contributed by atoms with Crippen molar-refractivity contribution in [3.05, 3.63) is 119 Å². The number of rotatable bonds is 9. The van der Waals surface area contributed by atoms with Crippen molar-refractivity contribution >= 4 is 29.7 Å². The maximum Gasteiger partial charge on any atom is 0.343 e. The van der Waals surface area contributed by atoms with Gasteiger partial charge < -0.3 is 19.5 Å². The molecule has 0 radical (unpaired) electrons. The summed E-state index contributed by atoms with van der Waals surface area (Å²) in [7, 11) is 3.01. The first-order valence-electron chi connectivity index (χ1n) is 11.8. The van der Waals surface area contributed by atoms with Gasteiger partial charge in [-0.05, 0) is 78.4 Å². The lowest BCUT2D eigenvalue weighted by atomic mass is 10.1. The van der Waals surface area contributed by atoms with Gasteiger partial charge in [0.1, 0.15) is 5.75 Å². The Kier molecular flexibility index (Phi) is 8.66. The van der Waals surface area contributed by atoms with Crippen LogP contribution in [-0.2, 0) is 0 Å². The number of nitrogens with zero attached hydrogens (tertiary/aromatic N) is 1. The van der Waals surface area contributed by atoms with Gasteiger partial charge in [-0.3, -0.25) is 9.59 Å². The molecule has 2 amide bonds. The number of ether oxygens (including phenoxy) is 3. The van der Waals surface area contributed by atoms with Gasteiger partial charge in [-0.2, -0.15) is 5.10 Å². The minimum atomic E-state index is -0.509. The smallest absolute Gasteiger partial charge is 0.343 e. The van der Waals surface area contributed by atoms with Crippen molar-refractivity contribution in [2.75, 3.05) is 19.5 Å². The van der Waals surface area contributed by atoms with Gasteiger partial charge >= 0.3 is 5.97 Å². The highest BCUT2D eigenvalue weighted by Crippen LogP contribution is 2.28. The Bertz CT molecular complexity index is 1500. The van der Waals surface area contributed by atoms with Crippen LogP contribution in [0.15, 0.2) is 102 Å². The standard InChI is InChI=1S/C30H25N3O6/c1-37-25-14-12-21(13-15-25)28(34)32-24-10-6-9-23(18-24)29(35)33-31-19-20-11-16-26(27(17-20)38-2)39-30(36)22-7-4-3-5-8-22/h3-19H,1-2H3,(H,32,34)(H,33,35). The van der Waals surface area contributed by atoms with Crippen LogP contribution < -0.4 is 25.0 Å². The Morgan fingerprint density at radius 3 is 2.15 bits per heavy atom. The third-order valence-electron chi connectivity index (χ3n) is 5.51. The van der Waals surface area contributed by atoms with Crippen LogP contribution >= 0.6 is 0 Å². The summed E-state index contributed by atoms with van der Waals surface area (Å²) in [5.41, 5.74) is 4.69. The first kappa shape index (κ1) is 26.6. The molecule has 0 aliphatic carbocycles. The predicted octanol–water partition coefficient (Wildman–Crippen LogP) is 4.94. The van der Waals surface area contributed by atoms with Crippen LogP contribution in [0.25, 0.3) is 0 Å². The minimum Gasteiger partial charge on any atom is -0.497 e. The van der Waals surface area contributed by atoms with E-state index in [0.29, 0.717) is 39.4 Å². The van der Waals surface area contributed by atoms with E-state index in [0.717, 1.165) is 0 Å². The number of carbonyl (C=O) groups is 3. The van der Waals surface area contributed by atoms with Gasteiger partial charge in [-0.25, -0.2) is 10.2 Å². The van der Waals surface area contributed by atoms with Crippen molar-refractivity contribution in [1.82, 2.24) is 5.43 Å². The second-order valence-corrected chi connectivity index (χ2v) is 8.13. The fourth-order valence-corrected chi connectivity index (χ4v) is 3.50. The summed E-state index contributed by atoms with van der Waals surface area (Å²) in [5, 5.41) is 6.77. The Morgan fingerprint density at radius 1 is 0.692 bits per heavy atom. The van der Waals surface area contributed by atoms with E-state index < -0.39 is 11.9 Å². The molecule has 0 aliphatic rings. The fraction of sp³-hybridized carbons (Fsp3) is 0.0667. The molecule has 0 saturated carbocycles. The zero-order valence-corrected chi connectivity index (χ0v) is 21.2. The number of esters is 1. The number of hydrogen-bond donors (Lipinski definition) is 2. The maximum absolute atomic E-state index is 12.6. The van der Waals surface area contributed by atoms with Crippen molar-refractivity contribution in [2.24, 2.45) is 5.10 Å². The molecule has 9 heteroatoms. The normalized spacial score (nSPS) is 10.5. The largest absolute Gasteiger partial charge is 0.497 e. The van der Waals surface area contributed by atoms with E-state index in [4.69, 9.17) is 14.2 Å². The summed E-state index contributed by atoms with van der Waals surface area (Å²) < 4.78 is 15.9. The van der Waals surface area contributed by atoms with Gasteiger partial charge in [-0.15, -0.1) is 0 Å². The highest BCUT2D eigenvalue weighted by molar-refractivity contribution is 6.05. The van der Waals surface area contributed by atoms with E-state index in [2.05, 4.69) is 15.8 Å². The maximum atomic E-state index is 12.6. The summed E-state index contributed by atoms with van der Waals surface area (Å²) in [5.74, 6) is -0.0696. The molecule has 0 bridgehead atoms. The molecule has 2 N–H and O–H groups in total. The molecule has 39 heavy (non-hydrogen) atoms. The van der Waals surface area contributed by atoms with Crippen LogP contribution in [0.3, 0.4) is 0 Å². The van der Waals surface area contributed by atoms with E-state index in [-0.39, 0.29) is 11.7 Å². The number of amides is 2. The molecule has 0 fully saturated rings. The van der Waals surface area contributed by atoms with Gasteiger partial charge in [0.05, 0.1) is 26.0 Å². The third kappa shape index (κ3) is 7.07. The van der Waals surface area contributed by atoms with Gasteiger partial charge in [0, 0.05) is 16.8 Å². The molecule has 0 aromatic heterocycles. The van der Waals surface area contributed by atoms with E-state index in [1.54, 1.807) is 98.1 Å². The molecule has 0 saturated heterocycles. The molecule has 0 atom stereocenters. The molecule has 4 aromatic rings. The Morgan fingerprint density at radius 2 is 1.44 bits per heavy atom. The number of anilines is 1. The van der Waals surface area contributed by atoms with Crippen LogP contribution in [0.1, 0.15) is 36.6 Å². The lowest BCUT2D eigenvalue weighted by molar-refractivity contribution is 0.0729. The van der Waals surface area contributed by atoms with E-state index in [1.165, 1.54) is 13.3 Å². The lowest BCUT2D eigenvalue weighted by Crippen LogP contribution is -2.18. The van der Waals surface area contributed by atoms with Crippen molar-refractivity contribution in [3.63, 3.8) is 0 Å². The van der Waals surface area contributed by atoms with Crippen LogP contribution in [0, 0.1) is 0 Å². The quantitative estimate of drug-likeness (QED) is 0.139. The number of hydrogen-bond acceptors (Lipinski definition) is 7. The first-order chi connectivity index (χ1) is 19.0. The Labute approximate surface area is 225 Å². The van der Waals surface area contributed by atoms with Crippen molar-refractivity contribution < 1.29 is 28.6 Å². The highest BCUT2D eigenvalue weighted by Gasteiger charge is 2.13. The average Bonchev–Trinajstić information content (AvgIpc) is 2.98. The van der Waals surface area contributed by atoms with Crippen molar-refractivity contribution in [2.45, 2.75) is 0 Å². The fourth-order valence-electron chi connectivity index (χ4n) is 3.50. The Balaban J connectivity index is 1.36. The highest BCUT2D eigenvalue weighted by atomic mass is 16.6. The second kappa shape index (κ2) is 12.7. The predicted molar refractivity (Wildman–Crippen MR) is 147 cm³/mol. The second-order valence-electron chi connectivity index (χ2n) is 8.13. The molecule has 0 aliphatic heterocycles. The van der Waals surface area contributed by atoms with Gasteiger partial charge in [0.25, 0.3) is 11.8 Å². The number of benzene rings is 4. The van der Waals surface area contributed by atoms with Crippen LogP contribution in [0.4, 0.5) is 5.69 Å². The molecular weight excluding hydrogens is 498 g/mol. The SMILES string of the molecule is COc1ccc(C(=O)Nc2cccc(C(=O)NN=Cc3ccc(OC(=O)c4ccccc4)c(OC)c3)c2)cc1. The van der Waals surface area contributed by atoms with E-state index in [9.17, 15) is 14.4 Å². The zero-order valence-electron chi connectivity index (χ0n) is 21.2. The van der Waals surface area contributed by atoms with Gasteiger partial charge in [-0.1, -0.05) is 24.3 Å². The van der Waals surface area contributed by atoms with Crippen LogP contribution in [-0.4, -0.2) is 38.2 Å². The first-order valence-corrected chi connectivity index (χ1v) is 11.8. The number of methoxy groups -OCH3 is 2. The monoisotopic (exact) mass is 523 g/mol. The molecular formula is C30H25N3O6. The number of nitrogens with one attached hydrogen (secondary N) is 2. The summed E-state index contributed by atoms with van der Waals surface area (Å²) in [4.78, 5) is 37.5. The minimum absolute atomic E-state index is 0.251. The number of carbonyl (C=O) groups excluding carboxylic acids is 3. The molecule has 4 rings (SSSR count). The van der Waals surface area contributed by atoms with Gasteiger partial charge in [0.15, 0.2) is 11.5 Å². The summed E-state index contributed by atoms with van der Waals surface area (Å²) in [6.07, 6.45) is 1.43. The molecule has 4 aromatic carbocycles. The molecule has 0 heterocycles. The number of hydrazone groups is 1. The molecule has 0 unspecified atom stereocenters. The van der Waals surface area contributed by atoms with Crippen molar-refractivity contribution in [1.29, 1.82) is 0 Å². The van der Waals surface area contributed by atoms with Crippen molar-refractivity contribution in [3.8, 4) is 17.2 Å². The third-order valence-corrected chi connectivity index (χ3v) is 5.51. The van der Waals surface area contributed by atoms with E-state index >= 15 is 0 Å². The topological polar surface area (TPSA) is 115 Å². The van der Waals surface area contributed by atoms with Crippen LogP contribution in [0.5, 0.6) is 17.2 Å². The molecule has 196 valence electrons.